The zero-order valence-corrected chi connectivity index (χ0v) is 14.7. The number of alkyl halides is 2. The molecular weight excluding hydrogens is 357 g/mol. The van der Waals surface area contributed by atoms with Crippen molar-refractivity contribution in [3.8, 4) is 5.75 Å². The fourth-order valence-corrected chi connectivity index (χ4v) is 3.05. The van der Waals surface area contributed by atoms with E-state index in [4.69, 9.17) is 0 Å². The number of ether oxygens (including phenoxy) is 1. The number of hydrogen-bond acceptors (Lipinski definition) is 2. The maximum Gasteiger partial charge on any atom is 0.387 e. The lowest BCUT2D eigenvalue weighted by molar-refractivity contribution is -0.0498. The minimum absolute atomic E-state index is 0.0994. The molecule has 4 nitrogen and oxygen atoms in total. The quantitative estimate of drug-likeness (QED) is 0.730. The molecule has 2 N–H and O–H groups in total. The van der Waals surface area contributed by atoms with Gasteiger partial charge < -0.3 is 15.4 Å². The smallest absolute Gasteiger partial charge is 0.387 e. The second-order valence-electron chi connectivity index (χ2n) is 6.64. The molecule has 0 aromatic heterocycles. The SMILES string of the molecule is O=C(NCCc1ccc(OC(F)F)cc1)NCC1(c2ccccc2F)CC1. The van der Waals surface area contributed by atoms with E-state index in [0.29, 0.717) is 25.1 Å². The van der Waals surface area contributed by atoms with Gasteiger partial charge in [0.2, 0.25) is 0 Å². The number of hydrogen-bond donors (Lipinski definition) is 2. The van der Waals surface area contributed by atoms with Gasteiger partial charge in [-0.05, 0) is 48.6 Å². The number of nitrogens with one attached hydrogen (secondary N) is 2. The van der Waals surface area contributed by atoms with E-state index in [9.17, 15) is 18.0 Å². The third-order valence-electron chi connectivity index (χ3n) is 4.73. The first-order chi connectivity index (χ1) is 13.0. The molecule has 0 radical (unpaired) electrons. The van der Waals surface area contributed by atoms with Gasteiger partial charge in [-0.3, -0.25) is 0 Å². The number of urea groups is 1. The van der Waals surface area contributed by atoms with Gasteiger partial charge in [0.1, 0.15) is 11.6 Å². The molecule has 0 spiro atoms. The molecule has 27 heavy (non-hydrogen) atoms. The molecule has 0 heterocycles. The van der Waals surface area contributed by atoms with Crippen molar-refractivity contribution in [2.24, 2.45) is 0 Å². The van der Waals surface area contributed by atoms with Crippen LogP contribution >= 0.6 is 0 Å². The molecule has 1 saturated carbocycles. The van der Waals surface area contributed by atoms with Gasteiger partial charge in [-0.1, -0.05) is 30.3 Å². The summed E-state index contributed by atoms with van der Waals surface area (Å²) in [6, 6.07) is 12.6. The van der Waals surface area contributed by atoms with Crippen molar-refractivity contribution < 1.29 is 22.7 Å². The Morgan fingerprint density at radius 2 is 1.78 bits per heavy atom. The molecule has 2 aromatic rings. The summed E-state index contributed by atoms with van der Waals surface area (Å²) in [5.41, 5.74) is 1.24. The van der Waals surface area contributed by atoms with Gasteiger partial charge in [0.05, 0.1) is 0 Å². The van der Waals surface area contributed by atoms with Crippen LogP contribution in [0.2, 0.25) is 0 Å². The van der Waals surface area contributed by atoms with E-state index in [2.05, 4.69) is 15.4 Å². The topological polar surface area (TPSA) is 50.4 Å². The lowest BCUT2D eigenvalue weighted by atomic mass is 9.95. The highest BCUT2D eigenvalue weighted by Crippen LogP contribution is 2.48. The van der Waals surface area contributed by atoms with E-state index in [1.807, 2.05) is 0 Å². The van der Waals surface area contributed by atoms with Crippen LogP contribution in [0.25, 0.3) is 0 Å². The fourth-order valence-electron chi connectivity index (χ4n) is 3.05. The zero-order valence-electron chi connectivity index (χ0n) is 14.7. The molecular formula is C20H21F3N2O2. The molecule has 0 bridgehead atoms. The Balaban J connectivity index is 1.41. The molecule has 0 unspecified atom stereocenters. The second-order valence-corrected chi connectivity index (χ2v) is 6.64. The third kappa shape index (κ3) is 5.15. The molecule has 1 aliphatic rings. The Kier molecular flexibility index (Phi) is 5.88. The average molecular weight is 378 g/mol. The minimum Gasteiger partial charge on any atom is -0.435 e. The van der Waals surface area contributed by atoms with E-state index < -0.39 is 6.61 Å². The Hall–Kier alpha value is -2.70. The predicted octanol–water partition coefficient (Wildman–Crippen LogP) is 4.00. The molecule has 2 amide bonds. The van der Waals surface area contributed by atoms with E-state index in [-0.39, 0.29) is 23.0 Å². The number of carbonyl (C=O) groups excluding carboxylic acids is 1. The van der Waals surface area contributed by atoms with Crippen molar-refractivity contribution >= 4 is 6.03 Å². The van der Waals surface area contributed by atoms with Gasteiger partial charge in [0, 0.05) is 18.5 Å². The minimum atomic E-state index is -2.85. The average Bonchev–Trinajstić information content (AvgIpc) is 3.42. The lowest BCUT2D eigenvalue weighted by Crippen LogP contribution is -2.40. The Labute approximate surface area is 155 Å². The van der Waals surface area contributed by atoms with Gasteiger partial charge in [-0.2, -0.15) is 8.78 Å². The molecule has 144 valence electrons. The van der Waals surface area contributed by atoms with E-state index in [1.54, 1.807) is 30.3 Å². The summed E-state index contributed by atoms with van der Waals surface area (Å²) >= 11 is 0. The first-order valence-electron chi connectivity index (χ1n) is 8.79. The van der Waals surface area contributed by atoms with Crippen molar-refractivity contribution in [3.05, 3.63) is 65.5 Å². The summed E-state index contributed by atoms with van der Waals surface area (Å²) in [4.78, 5) is 12.0. The first-order valence-corrected chi connectivity index (χ1v) is 8.79. The lowest BCUT2D eigenvalue weighted by Gasteiger charge is -2.17. The fraction of sp³-hybridized carbons (Fsp3) is 0.350. The van der Waals surface area contributed by atoms with Gasteiger partial charge in [0.25, 0.3) is 0 Å². The maximum atomic E-state index is 14.0. The van der Waals surface area contributed by atoms with Crippen molar-refractivity contribution in [3.63, 3.8) is 0 Å². The summed E-state index contributed by atoms with van der Waals surface area (Å²) in [6.07, 6.45) is 2.25. The summed E-state index contributed by atoms with van der Waals surface area (Å²) in [6.45, 7) is -2.06. The van der Waals surface area contributed by atoms with Gasteiger partial charge in [0.15, 0.2) is 0 Å². The third-order valence-corrected chi connectivity index (χ3v) is 4.73. The van der Waals surface area contributed by atoms with E-state index >= 15 is 0 Å². The van der Waals surface area contributed by atoms with Crippen LogP contribution in [0.3, 0.4) is 0 Å². The van der Waals surface area contributed by atoms with Crippen molar-refractivity contribution in [2.75, 3.05) is 13.1 Å². The molecule has 0 saturated heterocycles. The largest absolute Gasteiger partial charge is 0.435 e. The molecule has 0 atom stereocenters. The van der Waals surface area contributed by atoms with Gasteiger partial charge >= 0.3 is 12.6 Å². The monoisotopic (exact) mass is 378 g/mol. The van der Waals surface area contributed by atoms with Crippen LogP contribution in [-0.4, -0.2) is 25.7 Å². The van der Waals surface area contributed by atoms with Crippen LogP contribution in [0.5, 0.6) is 5.75 Å². The summed E-state index contributed by atoms with van der Waals surface area (Å²) in [7, 11) is 0. The van der Waals surface area contributed by atoms with Crippen LogP contribution in [0, 0.1) is 5.82 Å². The van der Waals surface area contributed by atoms with Crippen molar-refractivity contribution in [2.45, 2.75) is 31.3 Å². The molecule has 3 rings (SSSR count). The second kappa shape index (κ2) is 8.33. The number of rotatable bonds is 8. The maximum absolute atomic E-state index is 14.0. The van der Waals surface area contributed by atoms with Crippen molar-refractivity contribution in [1.82, 2.24) is 10.6 Å². The predicted molar refractivity (Wildman–Crippen MR) is 95.5 cm³/mol. The first kappa shape index (κ1) is 19.1. The number of amides is 2. The highest BCUT2D eigenvalue weighted by molar-refractivity contribution is 5.74. The van der Waals surface area contributed by atoms with Gasteiger partial charge in [-0.15, -0.1) is 0 Å². The van der Waals surface area contributed by atoms with E-state index in [1.165, 1.54) is 18.2 Å². The highest BCUT2D eigenvalue weighted by Gasteiger charge is 2.45. The van der Waals surface area contributed by atoms with Crippen LogP contribution in [0.4, 0.5) is 18.0 Å². The van der Waals surface area contributed by atoms with Crippen LogP contribution in [0.1, 0.15) is 24.0 Å². The highest BCUT2D eigenvalue weighted by atomic mass is 19.3. The number of carbonyl (C=O) groups is 1. The zero-order chi connectivity index (χ0) is 19.3. The normalized spacial score (nSPS) is 14.7. The van der Waals surface area contributed by atoms with Crippen LogP contribution in [-0.2, 0) is 11.8 Å². The number of halogens is 3. The van der Waals surface area contributed by atoms with E-state index in [0.717, 1.165) is 18.4 Å². The van der Waals surface area contributed by atoms with Crippen LogP contribution < -0.4 is 15.4 Å². The van der Waals surface area contributed by atoms with Crippen LogP contribution in [0.15, 0.2) is 48.5 Å². The number of benzene rings is 2. The van der Waals surface area contributed by atoms with Gasteiger partial charge in [-0.25, -0.2) is 9.18 Å². The van der Waals surface area contributed by atoms with Crippen molar-refractivity contribution in [1.29, 1.82) is 0 Å². The Morgan fingerprint density at radius 1 is 1.07 bits per heavy atom. The Bertz CT molecular complexity index is 777. The summed E-state index contributed by atoms with van der Waals surface area (Å²) < 4.78 is 42.5. The summed E-state index contributed by atoms with van der Waals surface area (Å²) in [5, 5.41) is 5.56. The molecule has 0 aliphatic heterocycles. The summed E-state index contributed by atoms with van der Waals surface area (Å²) in [5.74, 6) is -0.140. The standard InChI is InChI=1S/C20H21F3N2O2/c21-17-4-2-1-3-16(17)20(10-11-20)13-25-19(26)24-12-9-14-5-7-15(8-6-14)27-18(22)23/h1-8,18H,9-13H2,(H2,24,25,26). The molecule has 1 fully saturated rings. The molecule has 7 heteroatoms. The molecule has 2 aromatic carbocycles. The molecule has 1 aliphatic carbocycles. The Morgan fingerprint density at radius 3 is 2.41 bits per heavy atom.